The van der Waals surface area contributed by atoms with Gasteiger partial charge in [0.05, 0.1) is 14.2 Å². The van der Waals surface area contributed by atoms with Gasteiger partial charge in [-0.15, -0.1) is 0 Å². The van der Waals surface area contributed by atoms with E-state index in [0.717, 1.165) is 11.3 Å². The van der Waals surface area contributed by atoms with Crippen LogP contribution in [0.1, 0.15) is 21.5 Å². The van der Waals surface area contributed by atoms with E-state index in [1.54, 1.807) is 37.5 Å². The Labute approximate surface area is 128 Å². The third-order valence-electron chi connectivity index (χ3n) is 3.14. The monoisotopic (exact) mass is 300 g/mol. The van der Waals surface area contributed by atoms with Gasteiger partial charge in [-0.25, -0.2) is 4.79 Å². The summed E-state index contributed by atoms with van der Waals surface area (Å²) in [6, 6.07) is 10.1. The molecule has 0 bridgehead atoms. The fourth-order valence-electron chi connectivity index (χ4n) is 2.01. The van der Waals surface area contributed by atoms with Crippen LogP contribution in [0, 0.1) is 0 Å². The number of carboxylic acid groups (broad SMARTS) is 1. The van der Waals surface area contributed by atoms with Crippen LogP contribution in [0.3, 0.4) is 0 Å². The van der Waals surface area contributed by atoms with Crippen LogP contribution < -0.4 is 9.47 Å². The number of aromatic carboxylic acids is 1. The van der Waals surface area contributed by atoms with Crippen molar-refractivity contribution in [2.24, 2.45) is 0 Å². The van der Waals surface area contributed by atoms with E-state index in [-0.39, 0.29) is 11.3 Å². The molecule has 2 aromatic rings. The van der Waals surface area contributed by atoms with Gasteiger partial charge in [0.25, 0.3) is 0 Å². The van der Waals surface area contributed by atoms with Gasteiger partial charge in [-0.3, -0.25) is 0 Å². The molecule has 2 aromatic carbocycles. The number of carbonyl (C=O) groups is 1. The van der Waals surface area contributed by atoms with Gasteiger partial charge in [-0.2, -0.15) is 0 Å². The minimum Gasteiger partial charge on any atom is -0.507 e. The van der Waals surface area contributed by atoms with Gasteiger partial charge in [0.1, 0.15) is 22.8 Å². The van der Waals surface area contributed by atoms with Gasteiger partial charge >= 0.3 is 5.97 Å². The van der Waals surface area contributed by atoms with Crippen molar-refractivity contribution in [3.05, 3.63) is 53.1 Å². The average Bonchev–Trinajstić information content (AvgIpc) is 2.52. The molecule has 0 heterocycles. The fraction of sp³-hybridized carbons (Fsp3) is 0.118. The van der Waals surface area contributed by atoms with Crippen LogP contribution in [0.2, 0.25) is 0 Å². The molecule has 0 saturated heterocycles. The van der Waals surface area contributed by atoms with Crippen LogP contribution in [0.25, 0.3) is 12.2 Å². The highest BCUT2D eigenvalue weighted by molar-refractivity contribution is 5.96. The van der Waals surface area contributed by atoms with E-state index in [1.807, 2.05) is 12.1 Å². The summed E-state index contributed by atoms with van der Waals surface area (Å²) in [5, 5.41) is 19.1. The standard InChI is InChI=1S/C17H16O5/c1-21-13-7-4-11(5-8-13)3-6-12-9-14(22-2)10-15(18)16(12)17(19)20/h3-10,18H,1-2H3,(H,19,20)/b6-3+. The molecule has 5 nitrogen and oxygen atoms in total. The summed E-state index contributed by atoms with van der Waals surface area (Å²) < 4.78 is 10.1. The number of carboxylic acids is 1. The summed E-state index contributed by atoms with van der Waals surface area (Å²) in [6.45, 7) is 0. The minimum absolute atomic E-state index is 0.162. The highest BCUT2D eigenvalue weighted by atomic mass is 16.5. The molecule has 0 atom stereocenters. The van der Waals surface area contributed by atoms with E-state index in [0.29, 0.717) is 11.3 Å². The molecular formula is C17H16O5. The Morgan fingerprint density at radius 2 is 1.64 bits per heavy atom. The van der Waals surface area contributed by atoms with E-state index < -0.39 is 5.97 Å². The lowest BCUT2D eigenvalue weighted by Gasteiger charge is -2.08. The first-order valence-corrected chi connectivity index (χ1v) is 6.51. The maximum Gasteiger partial charge on any atom is 0.340 e. The Balaban J connectivity index is 2.39. The third-order valence-corrected chi connectivity index (χ3v) is 3.14. The van der Waals surface area contributed by atoms with Crippen LogP contribution in [0.4, 0.5) is 0 Å². The first kappa shape index (κ1) is 15.4. The van der Waals surface area contributed by atoms with Crippen molar-refractivity contribution >= 4 is 18.1 Å². The number of phenols is 1. The SMILES string of the molecule is COc1ccc(/C=C/c2cc(OC)cc(O)c2C(=O)O)cc1. The first-order chi connectivity index (χ1) is 10.5. The van der Waals surface area contributed by atoms with Gasteiger partial charge in [-0.1, -0.05) is 24.3 Å². The predicted octanol–water partition coefficient (Wildman–Crippen LogP) is 3.28. The number of hydrogen-bond donors (Lipinski definition) is 2. The van der Waals surface area contributed by atoms with Crippen molar-refractivity contribution in [1.29, 1.82) is 0 Å². The molecule has 0 aromatic heterocycles. The molecule has 0 unspecified atom stereocenters. The molecule has 5 heteroatoms. The lowest BCUT2D eigenvalue weighted by atomic mass is 10.0. The second-order valence-corrected chi connectivity index (χ2v) is 4.52. The Morgan fingerprint density at radius 3 is 2.18 bits per heavy atom. The summed E-state index contributed by atoms with van der Waals surface area (Å²) in [6.07, 6.45) is 3.37. The third kappa shape index (κ3) is 3.38. The molecule has 0 amide bonds. The van der Waals surface area contributed by atoms with Crippen molar-refractivity contribution in [1.82, 2.24) is 0 Å². The number of aromatic hydroxyl groups is 1. The molecular weight excluding hydrogens is 284 g/mol. The Kier molecular flexibility index (Phi) is 4.68. The number of hydrogen-bond acceptors (Lipinski definition) is 4. The van der Waals surface area contributed by atoms with E-state index >= 15 is 0 Å². The summed E-state index contributed by atoms with van der Waals surface area (Å²) in [4.78, 5) is 11.3. The second kappa shape index (κ2) is 6.67. The Hall–Kier alpha value is -2.95. The summed E-state index contributed by atoms with van der Waals surface area (Å²) in [7, 11) is 3.04. The number of rotatable bonds is 5. The lowest BCUT2D eigenvalue weighted by molar-refractivity contribution is 0.0693. The van der Waals surface area contributed by atoms with Gasteiger partial charge in [0.2, 0.25) is 0 Å². The Bertz CT molecular complexity index is 702. The minimum atomic E-state index is -1.20. The van der Waals surface area contributed by atoms with E-state index in [9.17, 15) is 15.0 Å². The van der Waals surface area contributed by atoms with Crippen molar-refractivity contribution in [2.45, 2.75) is 0 Å². The predicted molar refractivity (Wildman–Crippen MR) is 83.5 cm³/mol. The van der Waals surface area contributed by atoms with E-state index in [4.69, 9.17) is 9.47 Å². The van der Waals surface area contributed by atoms with Gasteiger partial charge in [-0.05, 0) is 29.3 Å². The zero-order valence-corrected chi connectivity index (χ0v) is 12.2. The molecule has 0 aliphatic heterocycles. The molecule has 0 fully saturated rings. The molecule has 0 radical (unpaired) electrons. The summed E-state index contributed by atoms with van der Waals surface area (Å²) >= 11 is 0. The van der Waals surface area contributed by atoms with Crippen LogP contribution in [0.15, 0.2) is 36.4 Å². The molecule has 2 N–H and O–H groups in total. The molecule has 114 valence electrons. The van der Waals surface area contributed by atoms with Crippen molar-refractivity contribution < 1.29 is 24.5 Å². The summed E-state index contributed by atoms with van der Waals surface area (Å²) in [5.41, 5.74) is 1.07. The van der Waals surface area contributed by atoms with Crippen LogP contribution >= 0.6 is 0 Å². The topological polar surface area (TPSA) is 76.0 Å². The highest BCUT2D eigenvalue weighted by Crippen LogP contribution is 2.29. The van der Waals surface area contributed by atoms with E-state index in [2.05, 4.69) is 0 Å². The van der Waals surface area contributed by atoms with Crippen molar-refractivity contribution in [2.75, 3.05) is 14.2 Å². The fourth-order valence-corrected chi connectivity index (χ4v) is 2.01. The first-order valence-electron chi connectivity index (χ1n) is 6.51. The molecule has 0 aliphatic carbocycles. The molecule has 22 heavy (non-hydrogen) atoms. The largest absolute Gasteiger partial charge is 0.507 e. The number of methoxy groups -OCH3 is 2. The highest BCUT2D eigenvalue weighted by Gasteiger charge is 2.15. The molecule has 0 saturated carbocycles. The lowest BCUT2D eigenvalue weighted by Crippen LogP contribution is -2.01. The van der Waals surface area contributed by atoms with Crippen LogP contribution in [0.5, 0.6) is 17.2 Å². The van der Waals surface area contributed by atoms with Crippen molar-refractivity contribution in [3.8, 4) is 17.2 Å². The maximum atomic E-state index is 11.3. The quantitative estimate of drug-likeness (QED) is 0.829. The van der Waals surface area contributed by atoms with Gasteiger partial charge in [0.15, 0.2) is 0 Å². The molecule has 2 rings (SSSR count). The maximum absolute atomic E-state index is 11.3. The van der Waals surface area contributed by atoms with E-state index in [1.165, 1.54) is 13.2 Å². The Morgan fingerprint density at radius 1 is 1.00 bits per heavy atom. The smallest absolute Gasteiger partial charge is 0.340 e. The summed E-state index contributed by atoms with van der Waals surface area (Å²) in [5.74, 6) is -0.407. The van der Waals surface area contributed by atoms with Crippen molar-refractivity contribution in [3.63, 3.8) is 0 Å². The van der Waals surface area contributed by atoms with Crippen LogP contribution in [-0.4, -0.2) is 30.4 Å². The average molecular weight is 300 g/mol. The normalized spacial score (nSPS) is 10.6. The number of benzene rings is 2. The van der Waals surface area contributed by atoms with Gasteiger partial charge < -0.3 is 19.7 Å². The second-order valence-electron chi connectivity index (χ2n) is 4.52. The zero-order chi connectivity index (χ0) is 16.1. The number of ether oxygens (including phenoxy) is 2. The molecule has 0 aliphatic rings. The zero-order valence-electron chi connectivity index (χ0n) is 12.2. The molecule has 0 spiro atoms. The van der Waals surface area contributed by atoms with Gasteiger partial charge in [0, 0.05) is 6.07 Å². The van der Waals surface area contributed by atoms with Crippen LogP contribution in [-0.2, 0) is 0 Å².